The first-order chi connectivity index (χ1) is 14.0. The van der Waals surface area contributed by atoms with E-state index in [-0.39, 0.29) is 43.7 Å². The van der Waals surface area contributed by atoms with Crippen molar-refractivity contribution in [1.29, 1.82) is 0 Å². The molecule has 3 rings (SSSR count). The molecular formula is C20H18F6N2O2. The minimum Gasteiger partial charge on any atom is -0.406 e. The second-order valence-corrected chi connectivity index (χ2v) is 7.00. The van der Waals surface area contributed by atoms with Crippen molar-refractivity contribution in [3.05, 3.63) is 53.7 Å². The van der Waals surface area contributed by atoms with E-state index in [2.05, 4.69) is 9.72 Å². The Hall–Kier alpha value is -2.78. The van der Waals surface area contributed by atoms with Crippen molar-refractivity contribution >= 4 is 11.6 Å². The standard InChI is InChI=1S/C20H18F6N2O2/c21-19(22,23)15-7-9-28(10-8-15)18-6-1-13(12-27-18)11-17(29)14-2-4-16(5-3-14)30-20(24,25)26/h1-6,12,15H,7-11H2. The molecule has 0 aliphatic carbocycles. The second-order valence-electron chi connectivity index (χ2n) is 7.00. The Morgan fingerprint density at radius 3 is 2.13 bits per heavy atom. The molecule has 4 nitrogen and oxygen atoms in total. The molecule has 1 aromatic heterocycles. The SMILES string of the molecule is O=C(Cc1ccc(N2CCC(C(F)(F)F)CC2)nc1)c1ccc(OC(F)(F)F)cc1. The Bertz CT molecular complexity index is 855. The van der Waals surface area contributed by atoms with E-state index < -0.39 is 24.2 Å². The van der Waals surface area contributed by atoms with E-state index in [1.165, 1.54) is 18.3 Å². The molecule has 0 amide bonds. The first-order valence-corrected chi connectivity index (χ1v) is 9.17. The first-order valence-electron chi connectivity index (χ1n) is 9.17. The summed E-state index contributed by atoms with van der Waals surface area (Å²) in [7, 11) is 0. The molecule has 10 heteroatoms. The summed E-state index contributed by atoms with van der Waals surface area (Å²) in [6, 6.07) is 7.93. The average molecular weight is 432 g/mol. The molecular weight excluding hydrogens is 414 g/mol. The Kier molecular flexibility index (Phi) is 6.23. The summed E-state index contributed by atoms with van der Waals surface area (Å²) in [6.45, 7) is 0.504. The van der Waals surface area contributed by atoms with Gasteiger partial charge in [-0.2, -0.15) is 13.2 Å². The molecule has 0 spiro atoms. The lowest BCUT2D eigenvalue weighted by molar-refractivity contribution is -0.274. The summed E-state index contributed by atoms with van der Waals surface area (Å²) < 4.78 is 78.6. The number of carbonyl (C=O) groups excluding carboxylic acids is 1. The zero-order valence-corrected chi connectivity index (χ0v) is 15.6. The number of pyridine rings is 1. The molecule has 1 aromatic carbocycles. The Morgan fingerprint density at radius 2 is 1.63 bits per heavy atom. The maximum atomic E-state index is 12.8. The molecule has 162 valence electrons. The van der Waals surface area contributed by atoms with Crippen LogP contribution in [0.25, 0.3) is 0 Å². The highest BCUT2D eigenvalue weighted by molar-refractivity contribution is 5.97. The van der Waals surface area contributed by atoms with E-state index in [1.807, 2.05) is 0 Å². The lowest BCUT2D eigenvalue weighted by Gasteiger charge is -2.33. The fourth-order valence-electron chi connectivity index (χ4n) is 3.27. The van der Waals surface area contributed by atoms with Gasteiger partial charge in [0.15, 0.2) is 5.78 Å². The van der Waals surface area contributed by atoms with Crippen molar-refractivity contribution in [3.63, 3.8) is 0 Å². The fourth-order valence-corrected chi connectivity index (χ4v) is 3.27. The molecule has 1 saturated heterocycles. The van der Waals surface area contributed by atoms with Gasteiger partial charge in [-0.3, -0.25) is 4.79 Å². The van der Waals surface area contributed by atoms with E-state index in [1.54, 1.807) is 17.0 Å². The number of piperidine rings is 1. The van der Waals surface area contributed by atoms with Crippen molar-refractivity contribution < 1.29 is 35.9 Å². The Balaban J connectivity index is 1.56. The number of hydrogen-bond donors (Lipinski definition) is 0. The van der Waals surface area contributed by atoms with Crippen molar-refractivity contribution in [1.82, 2.24) is 4.98 Å². The summed E-state index contributed by atoms with van der Waals surface area (Å²) in [5, 5.41) is 0. The van der Waals surface area contributed by atoms with E-state index in [4.69, 9.17) is 0 Å². The normalized spacial score (nSPS) is 15.9. The summed E-state index contributed by atoms with van der Waals surface area (Å²) in [5.41, 5.74) is 0.812. The van der Waals surface area contributed by atoms with Crippen LogP contribution in [-0.4, -0.2) is 36.4 Å². The number of halogens is 6. The molecule has 0 saturated carbocycles. The summed E-state index contributed by atoms with van der Waals surface area (Å²) in [5.74, 6) is -1.48. The van der Waals surface area contributed by atoms with Gasteiger partial charge in [0.05, 0.1) is 5.92 Å². The van der Waals surface area contributed by atoms with Gasteiger partial charge in [-0.05, 0) is 48.7 Å². The molecule has 2 heterocycles. The number of alkyl halides is 6. The Morgan fingerprint density at radius 1 is 1.00 bits per heavy atom. The maximum absolute atomic E-state index is 12.8. The van der Waals surface area contributed by atoms with Gasteiger partial charge in [0.25, 0.3) is 0 Å². The van der Waals surface area contributed by atoms with Crippen LogP contribution in [0, 0.1) is 5.92 Å². The van der Waals surface area contributed by atoms with Crippen LogP contribution in [-0.2, 0) is 6.42 Å². The third-order valence-corrected chi connectivity index (χ3v) is 4.87. The average Bonchev–Trinajstić information content (AvgIpc) is 2.67. The predicted octanol–water partition coefficient (Wildman–Crippen LogP) is 5.18. The maximum Gasteiger partial charge on any atom is 0.573 e. The molecule has 0 atom stereocenters. The molecule has 0 bridgehead atoms. The van der Waals surface area contributed by atoms with Crippen LogP contribution >= 0.6 is 0 Å². The number of aromatic nitrogens is 1. The third-order valence-electron chi connectivity index (χ3n) is 4.87. The number of ketones is 1. The van der Waals surface area contributed by atoms with Crippen LogP contribution in [0.2, 0.25) is 0 Å². The molecule has 1 aliphatic rings. The van der Waals surface area contributed by atoms with Gasteiger partial charge in [0.2, 0.25) is 0 Å². The highest BCUT2D eigenvalue weighted by Crippen LogP contribution is 2.35. The van der Waals surface area contributed by atoms with Crippen LogP contribution in [0.5, 0.6) is 5.75 Å². The minimum atomic E-state index is -4.80. The van der Waals surface area contributed by atoms with Gasteiger partial charge in [0, 0.05) is 31.3 Å². The number of rotatable bonds is 5. The minimum absolute atomic E-state index is 0.0110. The number of hydrogen-bond acceptors (Lipinski definition) is 4. The number of carbonyl (C=O) groups is 1. The zero-order valence-electron chi connectivity index (χ0n) is 15.6. The molecule has 1 fully saturated rings. The van der Waals surface area contributed by atoms with Crippen molar-refractivity contribution in [2.75, 3.05) is 18.0 Å². The van der Waals surface area contributed by atoms with Gasteiger partial charge in [-0.1, -0.05) is 6.07 Å². The smallest absolute Gasteiger partial charge is 0.406 e. The molecule has 0 N–H and O–H groups in total. The highest BCUT2D eigenvalue weighted by atomic mass is 19.4. The third kappa shape index (κ3) is 5.87. The van der Waals surface area contributed by atoms with Crippen molar-refractivity contribution in [3.8, 4) is 5.75 Å². The van der Waals surface area contributed by atoms with E-state index in [0.29, 0.717) is 11.4 Å². The van der Waals surface area contributed by atoms with Crippen LogP contribution in [0.4, 0.5) is 32.2 Å². The molecule has 1 aliphatic heterocycles. The number of nitrogens with zero attached hydrogens (tertiary/aromatic N) is 2. The lowest BCUT2D eigenvalue weighted by atomic mass is 9.96. The van der Waals surface area contributed by atoms with Gasteiger partial charge in [-0.25, -0.2) is 4.98 Å². The molecule has 30 heavy (non-hydrogen) atoms. The lowest BCUT2D eigenvalue weighted by Crippen LogP contribution is -2.39. The van der Waals surface area contributed by atoms with E-state index in [0.717, 1.165) is 12.1 Å². The summed E-state index contributed by atoms with van der Waals surface area (Å²) in [6.07, 6.45) is -7.49. The molecule has 0 radical (unpaired) electrons. The number of ether oxygens (including phenoxy) is 1. The van der Waals surface area contributed by atoms with Gasteiger partial charge in [-0.15, -0.1) is 13.2 Å². The second kappa shape index (κ2) is 8.53. The zero-order chi connectivity index (χ0) is 21.9. The summed E-state index contributed by atoms with van der Waals surface area (Å²) in [4.78, 5) is 18.3. The predicted molar refractivity (Wildman–Crippen MR) is 96.4 cm³/mol. The van der Waals surface area contributed by atoms with Crippen LogP contribution < -0.4 is 9.64 Å². The van der Waals surface area contributed by atoms with E-state index >= 15 is 0 Å². The van der Waals surface area contributed by atoms with Crippen LogP contribution in [0.3, 0.4) is 0 Å². The largest absolute Gasteiger partial charge is 0.573 e. The number of anilines is 1. The van der Waals surface area contributed by atoms with Gasteiger partial charge in [0.1, 0.15) is 11.6 Å². The van der Waals surface area contributed by atoms with E-state index in [9.17, 15) is 31.1 Å². The van der Waals surface area contributed by atoms with Gasteiger partial charge >= 0.3 is 12.5 Å². The highest BCUT2D eigenvalue weighted by Gasteiger charge is 2.41. The molecule has 0 unspecified atom stereocenters. The quantitative estimate of drug-likeness (QED) is 0.482. The number of Topliss-reactive ketones (excluding diaryl/α,β-unsaturated/α-hetero) is 1. The van der Waals surface area contributed by atoms with Crippen LogP contribution in [0.15, 0.2) is 42.6 Å². The van der Waals surface area contributed by atoms with Crippen molar-refractivity contribution in [2.45, 2.75) is 31.8 Å². The first kappa shape index (κ1) is 21.9. The van der Waals surface area contributed by atoms with Crippen LogP contribution in [0.1, 0.15) is 28.8 Å². The fraction of sp³-hybridized carbons (Fsp3) is 0.400. The number of benzene rings is 1. The summed E-state index contributed by atoms with van der Waals surface area (Å²) >= 11 is 0. The monoisotopic (exact) mass is 432 g/mol. The topological polar surface area (TPSA) is 42.4 Å². The Labute approximate surface area is 168 Å². The molecule has 2 aromatic rings. The van der Waals surface area contributed by atoms with Gasteiger partial charge < -0.3 is 9.64 Å². The van der Waals surface area contributed by atoms with Crippen molar-refractivity contribution in [2.24, 2.45) is 5.92 Å².